The SMILES string of the molecule is Cc1c(F)cccc1NS(=O)(=O)c1cccc(CO)c1C. The van der Waals surface area contributed by atoms with Crippen LogP contribution in [0.2, 0.25) is 0 Å². The smallest absolute Gasteiger partial charge is 0.262 e. The van der Waals surface area contributed by atoms with Gasteiger partial charge in [0.1, 0.15) is 5.82 Å². The first-order chi connectivity index (χ1) is 9.86. The van der Waals surface area contributed by atoms with Crippen LogP contribution in [0.25, 0.3) is 0 Å². The number of anilines is 1. The predicted octanol–water partition coefficient (Wildman–Crippen LogP) is 2.74. The molecule has 0 saturated carbocycles. The number of aliphatic hydroxyl groups excluding tert-OH is 1. The number of benzene rings is 2. The van der Waals surface area contributed by atoms with Crippen molar-refractivity contribution in [3.63, 3.8) is 0 Å². The van der Waals surface area contributed by atoms with Crippen LogP contribution in [0.1, 0.15) is 16.7 Å². The van der Waals surface area contributed by atoms with Gasteiger partial charge < -0.3 is 5.11 Å². The molecule has 0 atom stereocenters. The van der Waals surface area contributed by atoms with Crippen molar-refractivity contribution in [3.8, 4) is 0 Å². The average molecular weight is 309 g/mol. The molecule has 2 aromatic rings. The number of aliphatic hydroxyl groups is 1. The molecule has 2 rings (SSSR count). The maximum absolute atomic E-state index is 13.5. The van der Waals surface area contributed by atoms with E-state index in [2.05, 4.69) is 4.72 Å². The summed E-state index contributed by atoms with van der Waals surface area (Å²) in [5, 5.41) is 9.21. The quantitative estimate of drug-likeness (QED) is 0.912. The van der Waals surface area contributed by atoms with Gasteiger partial charge in [-0.15, -0.1) is 0 Å². The Hall–Kier alpha value is -1.92. The largest absolute Gasteiger partial charge is 0.392 e. The summed E-state index contributed by atoms with van der Waals surface area (Å²) in [4.78, 5) is 0.0673. The van der Waals surface area contributed by atoms with E-state index in [1.807, 2.05) is 0 Å². The van der Waals surface area contributed by atoms with Crippen molar-refractivity contribution in [2.24, 2.45) is 0 Å². The van der Waals surface area contributed by atoms with Gasteiger partial charge in [-0.3, -0.25) is 4.72 Å². The molecule has 0 saturated heterocycles. The Morgan fingerprint density at radius 3 is 2.43 bits per heavy atom. The van der Waals surface area contributed by atoms with Crippen molar-refractivity contribution >= 4 is 15.7 Å². The minimum Gasteiger partial charge on any atom is -0.392 e. The highest BCUT2D eigenvalue weighted by Crippen LogP contribution is 2.24. The third kappa shape index (κ3) is 3.06. The van der Waals surface area contributed by atoms with E-state index in [4.69, 9.17) is 0 Å². The minimum atomic E-state index is -3.84. The van der Waals surface area contributed by atoms with Crippen molar-refractivity contribution in [1.82, 2.24) is 0 Å². The third-order valence-electron chi connectivity index (χ3n) is 3.37. The molecule has 6 heteroatoms. The number of hydrogen-bond donors (Lipinski definition) is 2. The van der Waals surface area contributed by atoms with E-state index in [0.717, 1.165) is 0 Å². The number of sulfonamides is 1. The minimum absolute atomic E-state index is 0.0673. The molecular formula is C15H16FNO3S. The lowest BCUT2D eigenvalue weighted by atomic mass is 10.1. The number of rotatable bonds is 4. The van der Waals surface area contributed by atoms with Gasteiger partial charge in [0.05, 0.1) is 17.2 Å². The second kappa shape index (κ2) is 5.83. The van der Waals surface area contributed by atoms with Gasteiger partial charge in [0.25, 0.3) is 10.0 Å². The standard InChI is InChI=1S/C15H16FNO3S/c1-10-12(9-18)5-3-8-15(10)21(19,20)17-14-7-4-6-13(16)11(14)2/h3-8,17-18H,9H2,1-2H3. The van der Waals surface area contributed by atoms with Gasteiger partial charge in [-0.1, -0.05) is 18.2 Å². The summed E-state index contributed by atoms with van der Waals surface area (Å²) >= 11 is 0. The monoisotopic (exact) mass is 309 g/mol. The van der Waals surface area contributed by atoms with Crippen LogP contribution in [0.3, 0.4) is 0 Å². The molecule has 0 radical (unpaired) electrons. The molecule has 0 aliphatic rings. The summed E-state index contributed by atoms with van der Waals surface area (Å²) in [5.74, 6) is -0.476. The molecule has 0 aromatic heterocycles. The highest BCUT2D eigenvalue weighted by molar-refractivity contribution is 7.92. The van der Waals surface area contributed by atoms with Crippen LogP contribution in [0.5, 0.6) is 0 Å². The molecule has 0 spiro atoms. The predicted molar refractivity (Wildman–Crippen MR) is 79.0 cm³/mol. The Labute approximate surface area is 123 Å². The highest BCUT2D eigenvalue weighted by atomic mass is 32.2. The van der Waals surface area contributed by atoms with Crippen LogP contribution < -0.4 is 4.72 Å². The molecule has 2 N–H and O–H groups in total. The van der Waals surface area contributed by atoms with Crippen LogP contribution in [0, 0.1) is 19.7 Å². The van der Waals surface area contributed by atoms with Crippen molar-refractivity contribution in [2.75, 3.05) is 4.72 Å². The summed E-state index contributed by atoms with van der Waals surface area (Å²) in [6.45, 7) is 2.89. The lowest BCUT2D eigenvalue weighted by Gasteiger charge is -2.14. The molecule has 21 heavy (non-hydrogen) atoms. The first-order valence-corrected chi connectivity index (χ1v) is 7.82. The van der Waals surface area contributed by atoms with Crippen LogP contribution in [0.15, 0.2) is 41.3 Å². The van der Waals surface area contributed by atoms with E-state index >= 15 is 0 Å². The van der Waals surface area contributed by atoms with E-state index in [9.17, 15) is 17.9 Å². The number of nitrogens with one attached hydrogen (secondary N) is 1. The molecule has 0 aliphatic carbocycles. The van der Waals surface area contributed by atoms with Gasteiger partial charge in [0, 0.05) is 5.56 Å². The molecular weight excluding hydrogens is 293 g/mol. The summed E-state index contributed by atoms with van der Waals surface area (Å²) in [7, 11) is -3.84. The third-order valence-corrected chi connectivity index (χ3v) is 4.88. The summed E-state index contributed by atoms with van der Waals surface area (Å²) in [6.07, 6.45) is 0. The molecule has 0 amide bonds. The van der Waals surface area contributed by atoms with Crippen LogP contribution >= 0.6 is 0 Å². The molecule has 0 aliphatic heterocycles. The van der Waals surface area contributed by atoms with Gasteiger partial charge in [0.2, 0.25) is 0 Å². The van der Waals surface area contributed by atoms with Gasteiger partial charge in [-0.05, 0) is 43.2 Å². The summed E-state index contributed by atoms with van der Waals surface area (Å²) < 4.78 is 40.8. The Bertz CT molecular complexity index is 772. The van der Waals surface area contributed by atoms with Crippen molar-refractivity contribution in [1.29, 1.82) is 0 Å². The van der Waals surface area contributed by atoms with Gasteiger partial charge in [-0.2, -0.15) is 0 Å². The Kier molecular flexibility index (Phi) is 4.29. The second-order valence-electron chi connectivity index (χ2n) is 4.72. The maximum Gasteiger partial charge on any atom is 0.262 e. The molecule has 2 aromatic carbocycles. The Morgan fingerprint density at radius 1 is 1.10 bits per heavy atom. The molecule has 4 nitrogen and oxygen atoms in total. The van der Waals surface area contributed by atoms with Crippen molar-refractivity contribution < 1.29 is 17.9 Å². The fourth-order valence-corrected chi connectivity index (χ4v) is 3.45. The van der Waals surface area contributed by atoms with E-state index in [0.29, 0.717) is 11.1 Å². The molecule has 0 unspecified atom stereocenters. The van der Waals surface area contributed by atoms with Crippen LogP contribution in [-0.4, -0.2) is 13.5 Å². The zero-order valence-corrected chi connectivity index (χ0v) is 12.5. The molecule has 0 bridgehead atoms. The van der Waals surface area contributed by atoms with Crippen LogP contribution in [0.4, 0.5) is 10.1 Å². The zero-order chi connectivity index (χ0) is 15.6. The van der Waals surface area contributed by atoms with Crippen LogP contribution in [-0.2, 0) is 16.6 Å². The lowest BCUT2D eigenvalue weighted by Crippen LogP contribution is -2.16. The molecule has 0 heterocycles. The van der Waals surface area contributed by atoms with Gasteiger partial charge in [-0.25, -0.2) is 12.8 Å². The van der Waals surface area contributed by atoms with Gasteiger partial charge in [0.15, 0.2) is 0 Å². The summed E-state index contributed by atoms with van der Waals surface area (Å²) in [6, 6.07) is 8.88. The van der Waals surface area contributed by atoms with E-state index < -0.39 is 15.8 Å². The highest BCUT2D eigenvalue weighted by Gasteiger charge is 2.19. The Morgan fingerprint density at radius 2 is 1.76 bits per heavy atom. The normalized spacial score (nSPS) is 11.4. The zero-order valence-electron chi connectivity index (χ0n) is 11.7. The fourth-order valence-electron chi connectivity index (χ4n) is 2.04. The van der Waals surface area contributed by atoms with Crippen molar-refractivity contribution in [2.45, 2.75) is 25.3 Å². The molecule has 0 fully saturated rings. The van der Waals surface area contributed by atoms with Gasteiger partial charge >= 0.3 is 0 Å². The van der Waals surface area contributed by atoms with E-state index in [1.165, 1.54) is 31.2 Å². The van der Waals surface area contributed by atoms with E-state index in [-0.39, 0.29) is 22.8 Å². The molecule has 112 valence electrons. The number of hydrogen-bond acceptors (Lipinski definition) is 3. The van der Waals surface area contributed by atoms with E-state index in [1.54, 1.807) is 19.1 Å². The first kappa shape index (κ1) is 15.5. The topological polar surface area (TPSA) is 66.4 Å². The number of halogens is 1. The fraction of sp³-hybridized carbons (Fsp3) is 0.200. The summed E-state index contributed by atoms with van der Waals surface area (Å²) in [5.41, 5.74) is 1.44. The maximum atomic E-state index is 13.5. The Balaban J connectivity index is 2.46. The second-order valence-corrected chi connectivity index (χ2v) is 6.37. The first-order valence-electron chi connectivity index (χ1n) is 6.34. The van der Waals surface area contributed by atoms with Crippen molar-refractivity contribution in [3.05, 3.63) is 58.9 Å². The average Bonchev–Trinajstić information content (AvgIpc) is 2.44. The lowest BCUT2D eigenvalue weighted by molar-refractivity contribution is 0.280.